The molecule has 0 saturated heterocycles. The zero-order valence-electron chi connectivity index (χ0n) is 18.1. The molecule has 0 fully saturated rings. The lowest BCUT2D eigenvalue weighted by Crippen LogP contribution is -2.43. The summed E-state index contributed by atoms with van der Waals surface area (Å²) in [6, 6.07) is 20.3. The number of fused-ring (bicyclic) bond motifs is 5. The molecule has 5 nitrogen and oxygen atoms in total. The number of unbranched alkanes of at least 4 members (excludes halogenated alkanes) is 2. The first-order valence-corrected chi connectivity index (χ1v) is 11.3. The van der Waals surface area contributed by atoms with Gasteiger partial charge in [-0.1, -0.05) is 62.2 Å². The average molecular weight is 428 g/mol. The van der Waals surface area contributed by atoms with Crippen LogP contribution in [0, 0.1) is 0 Å². The van der Waals surface area contributed by atoms with Crippen molar-refractivity contribution in [3.63, 3.8) is 0 Å². The van der Waals surface area contributed by atoms with Gasteiger partial charge in [0.1, 0.15) is 17.8 Å². The molecule has 5 heteroatoms. The summed E-state index contributed by atoms with van der Waals surface area (Å²) in [4.78, 5) is 16.2. The largest absolute Gasteiger partial charge is 0.491 e. The molecule has 1 unspecified atom stereocenters. The quantitative estimate of drug-likeness (QED) is 0.519. The summed E-state index contributed by atoms with van der Waals surface area (Å²) in [6.45, 7) is 3.36. The first-order valence-electron chi connectivity index (χ1n) is 11.3. The highest BCUT2D eigenvalue weighted by molar-refractivity contribution is 6.13. The monoisotopic (exact) mass is 427 g/mol. The molecule has 0 aliphatic carbocycles. The van der Waals surface area contributed by atoms with Crippen molar-refractivity contribution in [3.05, 3.63) is 71.8 Å². The van der Waals surface area contributed by atoms with Crippen molar-refractivity contribution in [2.75, 3.05) is 24.8 Å². The molecule has 3 aliphatic heterocycles. The Morgan fingerprint density at radius 1 is 0.906 bits per heavy atom. The SMILES string of the molecule is CCCCCN1C(=O)C2(COc3cc4c(cc32)OCO4)c2c(-c3ccccc3)cccc21. The van der Waals surface area contributed by atoms with Gasteiger partial charge in [0.15, 0.2) is 11.5 Å². The highest BCUT2D eigenvalue weighted by atomic mass is 16.7. The standard InChI is InChI=1S/C27H25NO4/c1-2-3-7-13-28-21-12-8-11-19(18-9-5-4-6-10-18)25(21)27(26(28)29)16-30-22-15-24-23(14-20(22)27)31-17-32-24/h4-6,8-12,14-15H,2-3,7,13,16-17H2,1H3. The van der Waals surface area contributed by atoms with Crippen LogP contribution < -0.4 is 19.1 Å². The Morgan fingerprint density at radius 2 is 1.72 bits per heavy atom. The first kappa shape index (κ1) is 19.2. The predicted molar refractivity (Wildman–Crippen MR) is 123 cm³/mol. The van der Waals surface area contributed by atoms with Gasteiger partial charge in [-0.3, -0.25) is 4.79 Å². The Kier molecular flexibility index (Phi) is 4.39. The molecule has 1 amide bonds. The van der Waals surface area contributed by atoms with Gasteiger partial charge in [-0.05, 0) is 29.7 Å². The number of carbonyl (C=O) groups excluding carboxylic acids is 1. The summed E-state index contributed by atoms with van der Waals surface area (Å²) in [5, 5.41) is 0. The maximum atomic E-state index is 14.2. The molecule has 0 bridgehead atoms. The van der Waals surface area contributed by atoms with Crippen molar-refractivity contribution in [3.8, 4) is 28.4 Å². The lowest BCUT2D eigenvalue weighted by molar-refractivity contribution is -0.122. The van der Waals surface area contributed by atoms with Crippen molar-refractivity contribution in [2.45, 2.75) is 31.6 Å². The van der Waals surface area contributed by atoms with Crippen molar-refractivity contribution in [1.82, 2.24) is 0 Å². The lowest BCUT2D eigenvalue weighted by atomic mass is 9.74. The third-order valence-corrected chi connectivity index (χ3v) is 6.82. The molecular weight excluding hydrogens is 402 g/mol. The molecule has 3 heterocycles. The molecule has 1 atom stereocenters. The summed E-state index contributed by atoms with van der Waals surface area (Å²) in [6.07, 6.45) is 3.18. The van der Waals surface area contributed by atoms with Crippen LogP contribution in [0.5, 0.6) is 17.2 Å². The number of anilines is 1. The van der Waals surface area contributed by atoms with Crippen molar-refractivity contribution >= 4 is 11.6 Å². The van der Waals surface area contributed by atoms with Crippen LogP contribution in [0.3, 0.4) is 0 Å². The van der Waals surface area contributed by atoms with Crippen LogP contribution in [-0.4, -0.2) is 25.9 Å². The van der Waals surface area contributed by atoms with Crippen LogP contribution in [0.2, 0.25) is 0 Å². The summed E-state index contributed by atoms with van der Waals surface area (Å²) in [5.74, 6) is 2.13. The third-order valence-electron chi connectivity index (χ3n) is 6.82. The minimum Gasteiger partial charge on any atom is -0.491 e. The number of nitrogens with zero attached hydrogens (tertiary/aromatic N) is 1. The van der Waals surface area contributed by atoms with Gasteiger partial charge in [0.05, 0.1) is 0 Å². The van der Waals surface area contributed by atoms with Gasteiger partial charge in [-0.25, -0.2) is 0 Å². The van der Waals surface area contributed by atoms with Crippen molar-refractivity contribution < 1.29 is 19.0 Å². The summed E-state index contributed by atoms with van der Waals surface area (Å²) in [5.41, 5.74) is 4.18. The molecular formula is C27H25NO4. The Bertz CT molecular complexity index is 1210. The van der Waals surface area contributed by atoms with Gasteiger partial charge < -0.3 is 19.1 Å². The smallest absolute Gasteiger partial charge is 0.245 e. The van der Waals surface area contributed by atoms with E-state index in [2.05, 4.69) is 37.3 Å². The Morgan fingerprint density at radius 3 is 2.53 bits per heavy atom. The molecule has 1 spiro atoms. The molecule has 0 saturated carbocycles. The Hall–Kier alpha value is -3.47. The second-order valence-corrected chi connectivity index (χ2v) is 8.63. The summed E-state index contributed by atoms with van der Waals surface area (Å²) in [7, 11) is 0. The maximum absolute atomic E-state index is 14.2. The van der Waals surface area contributed by atoms with Crippen LogP contribution in [0.25, 0.3) is 11.1 Å². The molecule has 32 heavy (non-hydrogen) atoms. The first-order chi connectivity index (χ1) is 15.7. The van der Waals surface area contributed by atoms with E-state index in [9.17, 15) is 4.79 Å². The number of amides is 1. The van der Waals surface area contributed by atoms with E-state index in [-0.39, 0.29) is 19.3 Å². The van der Waals surface area contributed by atoms with Crippen LogP contribution in [0.1, 0.15) is 37.3 Å². The molecule has 162 valence electrons. The molecule has 6 rings (SSSR count). The third kappa shape index (κ3) is 2.60. The van der Waals surface area contributed by atoms with Gasteiger partial charge in [-0.2, -0.15) is 0 Å². The molecule has 3 aliphatic rings. The normalized spacial score (nSPS) is 19.9. The maximum Gasteiger partial charge on any atom is 0.245 e. The van der Waals surface area contributed by atoms with Crippen molar-refractivity contribution in [1.29, 1.82) is 0 Å². The second-order valence-electron chi connectivity index (χ2n) is 8.63. The molecule has 0 radical (unpaired) electrons. The van der Waals surface area contributed by atoms with Gasteiger partial charge in [0.2, 0.25) is 12.7 Å². The van der Waals surface area contributed by atoms with E-state index >= 15 is 0 Å². The summed E-state index contributed by atoms with van der Waals surface area (Å²) < 4.78 is 17.4. The number of rotatable bonds is 5. The van der Waals surface area contributed by atoms with Gasteiger partial charge in [0.25, 0.3) is 0 Å². The van der Waals surface area contributed by atoms with Gasteiger partial charge in [0, 0.05) is 29.4 Å². The zero-order valence-corrected chi connectivity index (χ0v) is 18.1. The van der Waals surface area contributed by atoms with Crippen LogP contribution >= 0.6 is 0 Å². The van der Waals surface area contributed by atoms with E-state index in [1.165, 1.54) is 0 Å². The summed E-state index contributed by atoms with van der Waals surface area (Å²) >= 11 is 0. The zero-order chi connectivity index (χ0) is 21.7. The number of hydrogen-bond donors (Lipinski definition) is 0. The number of carbonyl (C=O) groups is 1. The highest BCUT2D eigenvalue weighted by Crippen LogP contribution is 2.57. The Balaban J connectivity index is 1.58. The molecule has 0 aromatic heterocycles. The minimum absolute atomic E-state index is 0.0876. The number of ether oxygens (including phenoxy) is 3. The van der Waals surface area contributed by atoms with E-state index in [0.717, 1.165) is 47.2 Å². The Labute approximate surface area is 187 Å². The molecule has 3 aromatic carbocycles. The molecule has 3 aromatic rings. The predicted octanol–water partition coefficient (Wildman–Crippen LogP) is 5.30. The van der Waals surface area contributed by atoms with Crippen LogP contribution in [0.15, 0.2) is 60.7 Å². The minimum atomic E-state index is -0.885. The van der Waals surface area contributed by atoms with Crippen molar-refractivity contribution in [2.24, 2.45) is 0 Å². The molecule has 0 N–H and O–H groups in total. The fourth-order valence-corrected chi connectivity index (χ4v) is 5.28. The topological polar surface area (TPSA) is 48.0 Å². The fourth-order valence-electron chi connectivity index (χ4n) is 5.28. The fraction of sp³-hybridized carbons (Fsp3) is 0.296. The van der Waals surface area contributed by atoms with Gasteiger partial charge in [-0.15, -0.1) is 0 Å². The van der Waals surface area contributed by atoms with Crippen LogP contribution in [-0.2, 0) is 10.2 Å². The lowest BCUT2D eigenvalue weighted by Gasteiger charge is -2.24. The average Bonchev–Trinajstić information content (AvgIpc) is 3.50. The van der Waals surface area contributed by atoms with E-state index in [4.69, 9.17) is 14.2 Å². The highest BCUT2D eigenvalue weighted by Gasteiger charge is 2.58. The second kappa shape index (κ2) is 7.30. The van der Waals surface area contributed by atoms with E-state index < -0.39 is 5.41 Å². The van der Waals surface area contributed by atoms with E-state index in [1.54, 1.807) is 0 Å². The van der Waals surface area contributed by atoms with E-state index in [0.29, 0.717) is 23.8 Å². The number of benzene rings is 3. The van der Waals surface area contributed by atoms with E-state index in [1.807, 2.05) is 35.2 Å². The van der Waals surface area contributed by atoms with Gasteiger partial charge >= 0.3 is 0 Å². The number of hydrogen-bond acceptors (Lipinski definition) is 4. The van der Waals surface area contributed by atoms with Crippen LogP contribution in [0.4, 0.5) is 5.69 Å².